The molecule has 3 amide bonds. The number of carbonyl (C=O) groups is 2. The second kappa shape index (κ2) is 10.3. The lowest BCUT2D eigenvalue weighted by molar-refractivity contribution is -0.113. The molecule has 0 atom stereocenters. The third-order valence-corrected chi connectivity index (χ3v) is 5.02. The van der Waals surface area contributed by atoms with E-state index in [4.69, 9.17) is 0 Å². The number of urea groups is 1. The molecule has 0 unspecified atom stereocenters. The van der Waals surface area contributed by atoms with Crippen molar-refractivity contribution in [3.8, 4) is 0 Å². The quantitative estimate of drug-likeness (QED) is 0.485. The summed E-state index contributed by atoms with van der Waals surface area (Å²) in [5, 5.41) is 8.40. The number of hydrogen-bond acceptors (Lipinski definition) is 3. The van der Waals surface area contributed by atoms with Crippen molar-refractivity contribution in [2.75, 3.05) is 21.7 Å². The number of benzene rings is 3. The summed E-state index contributed by atoms with van der Waals surface area (Å²) in [4.78, 5) is 24.3. The van der Waals surface area contributed by atoms with E-state index in [0.29, 0.717) is 22.8 Å². The van der Waals surface area contributed by atoms with Crippen molar-refractivity contribution in [1.82, 2.24) is 0 Å². The number of anilines is 3. The molecule has 0 saturated carbocycles. The molecule has 0 aliphatic carbocycles. The van der Waals surface area contributed by atoms with Crippen molar-refractivity contribution in [2.45, 2.75) is 12.7 Å². The number of carbonyl (C=O) groups excluding carboxylic acids is 2. The summed E-state index contributed by atoms with van der Waals surface area (Å²) in [5.74, 6) is 1.07. The Morgan fingerprint density at radius 2 is 1.41 bits per heavy atom. The molecule has 0 saturated heterocycles. The predicted molar refractivity (Wildman–Crippen MR) is 121 cm³/mol. The van der Waals surface area contributed by atoms with Gasteiger partial charge in [0.25, 0.3) is 0 Å². The van der Waals surface area contributed by atoms with Gasteiger partial charge in [-0.3, -0.25) is 4.79 Å². The number of thioether (sulfide) groups is 1. The van der Waals surface area contributed by atoms with Gasteiger partial charge in [0.1, 0.15) is 0 Å². The maximum Gasteiger partial charge on any atom is 0.323 e. The van der Waals surface area contributed by atoms with E-state index in [1.54, 1.807) is 36.0 Å². The Hall–Kier alpha value is -3.25. The minimum Gasteiger partial charge on any atom is -0.325 e. The third-order valence-electron chi connectivity index (χ3n) is 4.02. The van der Waals surface area contributed by atoms with Gasteiger partial charge < -0.3 is 16.0 Å². The first-order chi connectivity index (χ1) is 14.1. The normalized spacial score (nSPS) is 10.2. The minimum atomic E-state index is -0.339. The monoisotopic (exact) mass is 405 g/mol. The smallest absolute Gasteiger partial charge is 0.323 e. The van der Waals surface area contributed by atoms with Gasteiger partial charge in [0, 0.05) is 22.8 Å². The number of hydrogen-bond donors (Lipinski definition) is 3. The van der Waals surface area contributed by atoms with E-state index >= 15 is 0 Å². The lowest BCUT2D eigenvalue weighted by Crippen LogP contribution is -2.19. The maximum absolute atomic E-state index is 12.2. The summed E-state index contributed by atoms with van der Waals surface area (Å²) < 4.78 is 0. The Morgan fingerprint density at radius 1 is 0.759 bits per heavy atom. The molecule has 3 N–H and O–H groups in total. The molecule has 3 rings (SSSR count). The van der Waals surface area contributed by atoms with Crippen molar-refractivity contribution >= 4 is 40.8 Å². The fraction of sp³-hybridized carbons (Fsp3) is 0.130. The summed E-state index contributed by atoms with van der Waals surface area (Å²) >= 11 is 1.57. The van der Waals surface area contributed by atoms with E-state index in [1.807, 2.05) is 36.4 Å². The molecule has 6 heteroatoms. The molecule has 0 spiro atoms. The fourth-order valence-electron chi connectivity index (χ4n) is 2.75. The summed E-state index contributed by atoms with van der Waals surface area (Å²) in [6.07, 6.45) is 0. The van der Waals surface area contributed by atoms with Crippen LogP contribution in [0.4, 0.5) is 21.9 Å². The Labute approximate surface area is 174 Å². The first-order valence-electron chi connectivity index (χ1n) is 9.25. The molecule has 0 aliphatic rings. The van der Waals surface area contributed by atoms with Gasteiger partial charge in [0.15, 0.2) is 0 Å². The average Bonchev–Trinajstić information content (AvgIpc) is 2.69. The zero-order valence-electron chi connectivity index (χ0n) is 16.1. The van der Waals surface area contributed by atoms with Crippen LogP contribution in [0.25, 0.3) is 0 Å². The molecular formula is C23H23N3O2S. The molecule has 29 heavy (non-hydrogen) atoms. The highest BCUT2D eigenvalue weighted by Crippen LogP contribution is 2.17. The number of para-hydroxylation sites is 1. The molecule has 0 aliphatic heterocycles. The Morgan fingerprint density at radius 3 is 2.17 bits per heavy atom. The van der Waals surface area contributed by atoms with Gasteiger partial charge in [0.2, 0.25) is 5.91 Å². The minimum absolute atomic E-state index is 0.0754. The van der Waals surface area contributed by atoms with Crippen LogP contribution >= 0.6 is 11.8 Å². The van der Waals surface area contributed by atoms with Gasteiger partial charge in [0.05, 0.1) is 5.75 Å². The van der Waals surface area contributed by atoms with Crippen LogP contribution in [0.15, 0.2) is 78.9 Å². The summed E-state index contributed by atoms with van der Waals surface area (Å²) in [7, 11) is 0. The highest BCUT2D eigenvalue weighted by atomic mass is 32.2. The van der Waals surface area contributed by atoms with Gasteiger partial charge in [-0.25, -0.2) is 4.79 Å². The van der Waals surface area contributed by atoms with E-state index in [-0.39, 0.29) is 11.9 Å². The van der Waals surface area contributed by atoms with E-state index in [2.05, 4.69) is 41.1 Å². The SMILES string of the molecule is Cc1cccc(CSCC(=O)Nc2cccc(NC(=O)Nc3ccccc3)c2)c1. The number of amides is 3. The summed E-state index contributed by atoms with van der Waals surface area (Å²) in [6.45, 7) is 2.06. The topological polar surface area (TPSA) is 70.2 Å². The lowest BCUT2D eigenvalue weighted by atomic mass is 10.2. The average molecular weight is 406 g/mol. The highest BCUT2D eigenvalue weighted by Gasteiger charge is 2.06. The maximum atomic E-state index is 12.2. The van der Waals surface area contributed by atoms with Crippen LogP contribution < -0.4 is 16.0 Å². The van der Waals surface area contributed by atoms with Crippen molar-refractivity contribution in [3.05, 3.63) is 90.0 Å². The molecule has 0 aromatic heterocycles. The summed E-state index contributed by atoms with van der Waals surface area (Å²) in [5.41, 5.74) is 4.37. The second-order valence-electron chi connectivity index (χ2n) is 6.56. The van der Waals surface area contributed by atoms with Crippen molar-refractivity contribution < 1.29 is 9.59 Å². The van der Waals surface area contributed by atoms with Gasteiger partial charge in [-0.15, -0.1) is 11.8 Å². The van der Waals surface area contributed by atoms with Crippen molar-refractivity contribution in [1.29, 1.82) is 0 Å². The van der Waals surface area contributed by atoms with Crippen LogP contribution in [0.5, 0.6) is 0 Å². The molecule has 0 bridgehead atoms. The van der Waals surface area contributed by atoms with Crippen LogP contribution in [0.3, 0.4) is 0 Å². The molecule has 0 heterocycles. The molecular weight excluding hydrogens is 382 g/mol. The van der Waals surface area contributed by atoms with Crippen LogP contribution in [-0.2, 0) is 10.5 Å². The van der Waals surface area contributed by atoms with E-state index < -0.39 is 0 Å². The zero-order valence-corrected chi connectivity index (χ0v) is 17.0. The molecule has 0 fully saturated rings. The van der Waals surface area contributed by atoms with E-state index in [0.717, 1.165) is 5.75 Å². The van der Waals surface area contributed by atoms with Gasteiger partial charge in [-0.1, -0.05) is 54.1 Å². The van der Waals surface area contributed by atoms with Gasteiger partial charge >= 0.3 is 6.03 Å². The number of aryl methyl sites for hydroxylation is 1. The molecule has 5 nitrogen and oxygen atoms in total. The first-order valence-corrected chi connectivity index (χ1v) is 10.4. The van der Waals surface area contributed by atoms with Gasteiger partial charge in [-0.05, 0) is 42.8 Å². The largest absolute Gasteiger partial charge is 0.325 e. The fourth-order valence-corrected chi connectivity index (χ4v) is 3.53. The highest BCUT2D eigenvalue weighted by molar-refractivity contribution is 7.99. The Balaban J connectivity index is 1.47. The van der Waals surface area contributed by atoms with E-state index in [1.165, 1.54) is 11.1 Å². The van der Waals surface area contributed by atoms with Crippen LogP contribution in [0, 0.1) is 6.92 Å². The Kier molecular flexibility index (Phi) is 7.30. The second-order valence-corrected chi connectivity index (χ2v) is 7.54. The van der Waals surface area contributed by atoms with E-state index in [9.17, 15) is 9.59 Å². The Bertz CT molecular complexity index is 977. The molecule has 3 aromatic rings. The van der Waals surface area contributed by atoms with Crippen LogP contribution in [0.1, 0.15) is 11.1 Å². The lowest BCUT2D eigenvalue weighted by Gasteiger charge is -2.10. The number of nitrogens with one attached hydrogen (secondary N) is 3. The first kappa shape index (κ1) is 20.5. The molecule has 0 radical (unpaired) electrons. The number of rotatable bonds is 7. The van der Waals surface area contributed by atoms with Crippen molar-refractivity contribution in [3.63, 3.8) is 0 Å². The molecule has 148 valence electrons. The van der Waals surface area contributed by atoms with Crippen LogP contribution in [-0.4, -0.2) is 17.7 Å². The third kappa shape index (κ3) is 7.01. The van der Waals surface area contributed by atoms with Crippen molar-refractivity contribution in [2.24, 2.45) is 0 Å². The molecule has 3 aromatic carbocycles. The predicted octanol–water partition coefficient (Wildman–Crippen LogP) is 5.51. The summed E-state index contributed by atoms with van der Waals surface area (Å²) in [6, 6.07) is 24.2. The van der Waals surface area contributed by atoms with Crippen LogP contribution in [0.2, 0.25) is 0 Å². The zero-order chi connectivity index (χ0) is 20.5. The van der Waals surface area contributed by atoms with Gasteiger partial charge in [-0.2, -0.15) is 0 Å². The standard InChI is InChI=1S/C23H23N3O2S/c1-17-7-5-8-18(13-17)15-29-16-22(27)24-20-11-6-12-21(14-20)26-23(28)25-19-9-3-2-4-10-19/h2-14H,15-16H2,1H3,(H,24,27)(H2,25,26,28).